The summed E-state index contributed by atoms with van der Waals surface area (Å²) in [4.78, 5) is 0. The van der Waals surface area contributed by atoms with E-state index in [-0.39, 0.29) is 0 Å². The number of rotatable bonds is 8. The molecule has 1 aliphatic rings. The predicted octanol–water partition coefficient (Wildman–Crippen LogP) is 7.51. The minimum absolute atomic E-state index is 0.691. The van der Waals surface area contributed by atoms with Crippen molar-refractivity contribution in [1.29, 1.82) is 0 Å². The molecule has 0 N–H and O–H groups in total. The van der Waals surface area contributed by atoms with Gasteiger partial charge in [0.15, 0.2) is 0 Å². The van der Waals surface area contributed by atoms with Crippen molar-refractivity contribution in [3.05, 3.63) is 59.5 Å². The van der Waals surface area contributed by atoms with Gasteiger partial charge < -0.3 is 4.74 Å². The summed E-state index contributed by atoms with van der Waals surface area (Å²) in [6.45, 7) is 2.88. The Morgan fingerprint density at radius 1 is 1.00 bits per heavy atom. The third kappa shape index (κ3) is 5.51. The van der Waals surface area contributed by atoms with Crippen LogP contribution in [-0.2, 0) is 6.42 Å². The number of benzene rings is 2. The molecule has 1 radical (unpaired) electrons. The Balaban J connectivity index is 1.58. The molecule has 0 bridgehead atoms. The van der Waals surface area contributed by atoms with Gasteiger partial charge in [-0.25, -0.2) is 0 Å². The third-order valence-corrected chi connectivity index (χ3v) is 5.67. The van der Waals surface area contributed by atoms with E-state index in [1.54, 1.807) is 0 Å². The molecular formula is C24H30ClO. The highest BCUT2D eigenvalue weighted by Crippen LogP contribution is 2.31. The van der Waals surface area contributed by atoms with Gasteiger partial charge in [0.05, 0.1) is 11.6 Å². The van der Waals surface area contributed by atoms with E-state index in [9.17, 15) is 0 Å². The summed E-state index contributed by atoms with van der Waals surface area (Å²) in [6.07, 6.45) is 12.5. The molecule has 0 aliphatic heterocycles. The summed E-state index contributed by atoms with van der Waals surface area (Å²) in [7, 11) is 0. The zero-order chi connectivity index (χ0) is 18.2. The molecule has 0 amide bonds. The lowest BCUT2D eigenvalue weighted by Crippen LogP contribution is -2.07. The molecule has 1 saturated carbocycles. The molecule has 1 aliphatic carbocycles. The smallest absolute Gasteiger partial charge is 0.137 e. The Hall–Kier alpha value is -1.47. The van der Waals surface area contributed by atoms with Gasteiger partial charge >= 0.3 is 0 Å². The maximum absolute atomic E-state index is 6.40. The van der Waals surface area contributed by atoms with Crippen LogP contribution in [0.2, 0.25) is 5.02 Å². The zero-order valence-electron chi connectivity index (χ0n) is 15.8. The Morgan fingerprint density at radius 2 is 1.73 bits per heavy atom. The van der Waals surface area contributed by atoms with Crippen LogP contribution >= 0.6 is 11.6 Å². The molecule has 2 aromatic rings. The normalized spacial score (nSPS) is 15.2. The summed E-state index contributed by atoms with van der Waals surface area (Å²) in [6, 6.07) is 15.1. The van der Waals surface area contributed by atoms with Crippen molar-refractivity contribution in [1.82, 2.24) is 0 Å². The predicted molar refractivity (Wildman–Crippen MR) is 112 cm³/mol. The molecule has 26 heavy (non-hydrogen) atoms. The van der Waals surface area contributed by atoms with E-state index in [0.29, 0.717) is 5.02 Å². The number of halogens is 1. The number of hydrogen-bond acceptors (Lipinski definition) is 1. The van der Waals surface area contributed by atoms with Crippen molar-refractivity contribution in [2.24, 2.45) is 5.92 Å². The van der Waals surface area contributed by atoms with Gasteiger partial charge in [0.2, 0.25) is 0 Å². The monoisotopic (exact) mass is 369 g/mol. The van der Waals surface area contributed by atoms with Crippen LogP contribution in [0.3, 0.4) is 0 Å². The van der Waals surface area contributed by atoms with Crippen LogP contribution in [0.25, 0.3) is 11.1 Å². The van der Waals surface area contributed by atoms with Gasteiger partial charge in [0, 0.05) is 0 Å². The van der Waals surface area contributed by atoms with Gasteiger partial charge in [0.25, 0.3) is 0 Å². The van der Waals surface area contributed by atoms with E-state index >= 15 is 0 Å². The van der Waals surface area contributed by atoms with E-state index < -0.39 is 0 Å². The second-order valence-corrected chi connectivity index (χ2v) is 7.80. The first-order chi connectivity index (χ1) is 12.8. The van der Waals surface area contributed by atoms with Crippen molar-refractivity contribution in [3.8, 4) is 16.9 Å². The number of aryl methyl sites for hydroxylation is 1. The lowest BCUT2D eigenvalue weighted by molar-refractivity contribution is 0.309. The first-order valence-corrected chi connectivity index (χ1v) is 10.5. The topological polar surface area (TPSA) is 9.23 Å². The SMILES string of the molecule is CCCCOc1ccc(-c2ccc(CCC3CC[CH]CC3)cc2)cc1Cl. The Morgan fingerprint density at radius 3 is 2.42 bits per heavy atom. The summed E-state index contributed by atoms with van der Waals surface area (Å²) < 4.78 is 5.74. The average Bonchev–Trinajstić information content (AvgIpc) is 2.69. The minimum atomic E-state index is 0.691. The third-order valence-electron chi connectivity index (χ3n) is 5.37. The van der Waals surface area contributed by atoms with Gasteiger partial charge in [-0.05, 0) is 73.3 Å². The molecule has 1 fully saturated rings. The molecule has 2 heteroatoms. The largest absolute Gasteiger partial charge is 0.492 e. The number of ether oxygens (including phenoxy) is 1. The summed E-state index contributed by atoms with van der Waals surface area (Å²) in [5, 5.41) is 0.691. The Bertz CT molecular complexity index is 671. The Kier molecular flexibility index (Phi) is 7.43. The van der Waals surface area contributed by atoms with Crippen LogP contribution < -0.4 is 4.74 Å². The number of unbranched alkanes of at least 4 members (excludes halogenated alkanes) is 1. The molecule has 3 rings (SSSR count). The van der Waals surface area contributed by atoms with Crippen LogP contribution in [-0.4, -0.2) is 6.61 Å². The van der Waals surface area contributed by atoms with E-state index in [2.05, 4.69) is 43.7 Å². The molecule has 0 unspecified atom stereocenters. The summed E-state index contributed by atoms with van der Waals surface area (Å²) in [5.74, 6) is 1.70. The molecule has 0 saturated heterocycles. The van der Waals surface area contributed by atoms with Crippen LogP contribution in [0, 0.1) is 12.3 Å². The van der Waals surface area contributed by atoms with Gasteiger partial charge in [-0.1, -0.05) is 68.1 Å². The molecule has 0 atom stereocenters. The molecule has 0 spiro atoms. The molecule has 0 aromatic heterocycles. The fourth-order valence-corrected chi connectivity index (χ4v) is 3.88. The highest BCUT2D eigenvalue weighted by Gasteiger charge is 2.13. The van der Waals surface area contributed by atoms with Crippen LogP contribution in [0.1, 0.15) is 57.4 Å². The molecule has 1 nitrogen and oxygen atoms in total. The van der Waals surface area contributed by atoms with Gasteiger partial charge in [-0.15, -0.1) is 0 Å². The minimum Gasteiger partial charge on any atom is -0.492 e. The van der Waals surface area contributed by atoms with Crippen LogP contribution in [0.4, 0.5) is 0 Å². The van der Waals surface area contributed by atoms with E-state index in [4.69, 9.17) is 16.3 Å². The van der Waals surface area contributed by atoms with Gasteiger partial charge in [-0.3, -0.25) is 0 Å². The first kappa shape index (κ1) is 19.3. The lowest BCUT2D eigenvalue weighted by atomic mass is 9.85. The maximum Gasteiger partial charge on any atom is 0.137 e. The highest BCUT2D eigenvalue weighted by molar-refractivity contribution is 6.32. The van der Waals surface area contributed by atoms with Crippen molar-refractivity contribution in [2.75, 3.05) is 6.61 Å². The molecule has 139 valence electrons. The van der Waals surface area contributed by atoms with Gasteiger partial charge in [0.1, 0.15) is 5.75 Å². The zero-order valence-corrected chi connectivity index (χ0v) is 16.6. The summed E-state index contributed by atoms with van der Waals surface area (Å²) in [5.41, 5.74) is 3.80. The van der Waals surface area contributed by atoms with E-state index in [1.807, 2.05) is 12.1 Å². The number of hydrogen-bond donors (Lipinski definition) is 0. The molecule has 2 aromatic carbocycles. The van der Waals surface area contributed by atoms with Crippen molar-refractivity contribution in [2.45, 2.75) is 58.3 Å². The molecular weight excluding hydrogens is 340 g/mol. The fourth-order valence-electron chi connectivity index (χ4n) is 3.64. The van der Waals surface area contributed by atoms with Crippen molar-refractivity contribution < 1.29 is 4.74 Å². The maximum atomic E-state index is 6.40. The summed E-state index contributed by atoms with van der Waals surface area (Å²) >= 11 is 6.40. The second-order valence-electron chi connectivity index (χ2n) is 7.39. The lowest BCUT2D eigenvalue weighted by Gasteiger charge is -2.21. The fraction of sp³-hybridized carbons (Fsp3) is 0.458. The van der Waals surface area contributed by atoms with Crippen molar-refractivity contribution >= 4 is 11.6 Å². The van der Waals surface area contributed by atoms with E-state index in [1.165, 1.54) is 49.7 Å². The molecule has 0 heterocycles. The van der Waals surface area contributed by atoms with Crippen molar-refractivity contribution in [3.63, 3.8) is 0 Å². The van der Waals surface area contributed by atoms with Gasteiger partial charge in [-0.2, -0.15) is 0 Å². The average molecular weight is 370 g/mol. The second kappa shape index (κ2) is 10.0. The Labute approximate surface area is 163 Å². The van der Waals surface area contributed by atoms with Crippen LogP contribution in [0.15, 0.2) is 42.5 Å². The first-order valence-electron chi connectivity index (χ1n) is 10.1. The van der Waals surface area contributed by atoms with Crippen LogP contribution in [0.5, 0.6) is 5.75 Å². The highest BCUT2D eigenvalue weighted by atomic mass is 35.5. The quantitative estimate of drug-likeness (QED) is 0.437. The van der Waals surface area contributed by atoms with E-state index in [0.717, 1.165) is 36.7 Å². The standard InChI is InChI=1S/C24H30ClO/c1-2-3-17-26-24-16-15-22(18-23(24)25)21-13-11-20(12-14-21)10-9-19-7-5-4-6-8-19/h4,11-16,18-19H,2-3,5-10,17H2,1H3.